The van der Waals surface area contributed by atoms with E-state index in [4.69, 9.17) is 4.74 Å². The molecule has 0 saturated carbocycles. The van der Waals surface area contributed by atoms with Gasteiger partial charge in [-0.05, 0) is 12.0 Å². The molecule has 1 aliphatic heterocycles. The standard InChI is InChI=1S/C15H17F3N2O3/c1-23-12(10-5-3-2-4-6-10)13(21)19-11-7-8-20(14(11)22)9-15(16,17)18/h2-6,11-12H,7-9H2,1H3,(H,19,21). The molecule has 1 N–H and O–H groups in total. The monoisotopic (exact) mass is 330 g/mol. The second-order valence-corrected chi connectivity index (χ2v) is 5.25. The molecule has 0 bridgehead atoms. The molecule has 126 valence electrons. The highest BCUT2D eigenvalue weighted by Gasteiger charge is 2.40. The van der Waals surface area contributed by atoms with Crippen LogP contribution in [0.3, 0.4) is 0 Å². The Bertz CT molecular complexity index is 563. The van der Waals surface area contributed by atoms with Crippen molar-refractivity contribution >= 4 is 11.8 Å². The molecule has 2 unspecified atom stereocenters. The number of methoxy groups -OCH3 is 1. The predicted octanol–water partition coefficient (Wildman–Crippen LogP) is 1.65. The largest absolute Gasteiger partial charge is 0.406 e. The summed E-state index contributed by atoms with van der Waals surface area (Å²) in [5.74, 6) is -1.27. The third-order valence-electron chi connectivity index (χ3n) is 3.56. The van der Waals surface area contributed by atoms with Crippen LogP contribution in [-0.4, -0.2) is 49.1 Å². The maximum atomic E-state index is 12.4. The van der Waals surface area contributed by atoms with Crippen molar-refractivity contribution in [3.63, 3.8) is 0 Å². The SMILES string of the molecule is COC(C(=O)NC1CCN(CC(F)(F)F)C1=O)c1ccccc1. The zero-order chi connectivity index (χ0) is 17.0. The average molecular weight is 330 g/mol. The average Bonchev–Trinajstić information content (AvgIpc) is 2.80. The Balaban J connectivity index is 1.99. The van der Waals surface area contributed by atoms with Gasteiger partial charge in [-0.25, -0.2) is 0 Å². The van der Waals surface area contributed by atoms with Crippen molar-refractivity contribution in [2.24, 2.45) is 0 Å². The first kappa shape index (κ1) is 17.3. The van der Waals surface area contributed by atoms with Gasteiger partial charge in [-0.15, -0.1) is 0 Å². The first-order valence-electron chi connectivity index (χ1n) is 7.05. The second kappa shape index (κ2) is 6.99. The van der Waals surface area contributed by atoms with Crippen molar-refractivity contribution in [3.8, 4) is 0 Å². The highest BCUT2D eigenvalue weighted by Crippen LogP contribution is 2.22. The van der Waals surface area contributed by atoms with Gasteiger partial charge in [0.25, 0.3) is 5.91 Å². The summed E-state index contributed by atoms with van der Waals surface area (Å²) in [6.07, 6.45) is -5.22. The van der Waals surface area contributed by atoms with Gasteiger partial charge in [0.2, 0.25) is 5.91 Å². The van der Waals surface area contributed by atoms with Gasteiger partial charge in [-0.2, -0.15) is 13.2 Å². The Morgan fingerprint density at radius 3 is 2.61 bits per heavy atom. The summed E-state index contributed by atoms with van der Waals surface area (Å²) >= 11 is 0. The van der Waals surface area contributed by atoms with Crippen molar-refractivity contribution in [1.29, 1.82) is 0 Å². The number of likely N-dealkylation sites (tertiary alicyclic amines) is 1. The smallest absolute Gasteiger partial charge is 0.367 e. The number of carbonyl (C=O) groups excluding carboxylic acids is 2. The summed E-state index contributed by atoms with van der Waals surface area (Å²) in [6, 6.07) is 7.69. The lowest BCUT2D eigenvalue weighted by atomic mass is 10.1. The number of rotatable bonds is 5. The molecule has 1 saturated heterocycles. The summed E-state index contributed by atoms with van der Waals surface area (Å²) in [6.45, 7) is -1.34. The van der Waals surface area contributed by atoms with Crippen LogP contribution in [-0.2, 0) is 14.3 Å². The fourth-order valence-electron chi connectivity index (χ4n) is 2.52. The minimum Gasteiger partial charge on any atom is -0.367 e. The number of hydrogen-bond acceptors (Lipinski definition) is 3. The van der Waals surface area contributed by atoms with Crippen molar-refractivity contribution in [1.82, 2.24) is 10.2 Å². The number of nitrogens with one attached hydrogen (secondary N) is 1. The normalized spacial score (nSPS) is 19.7. The first-order valence-corrected chi connectivity index (χ1v) is 7.05. The Morgan fingerprint density at radius 2 is 2.04 bits per heavy atom. The molecular formula is C15H17F3N2O3. The lowest BCUT2D eigenvalue weighted by Gasteiger charge is -2.20. The van der Waals surface area contributed by atoms with E-state index in [1.54, 1.807) is 30.3 Å². The fourth-order valence-corrected chi connectivity index (χ4v) is 2.52. The molecule has 2 rings (SSSR count). The highest BCUT2D eigenvalue weighted by molar-refractivity contribution is 5.91. The highest BCUT2D eigenvalue weighted by atomic mass is 19.4. The van der Waals surface area contributed by atoms with E-state index in [2.05, 4.69) is 5.32 Å². The van der Waals surface area contributed by atoms with Gasteiger partial charge in [0.1, 0.15) is 12.6 Å². The van der Waals surface area contributed by atoms with Crippen LogP contribution >= 0.6 is 0 Å². The summed E-state index contributed by atoms with van der Waals surface area (Å²) in [5, 5.41) is 2.47. The molecule has 1 fully saturated rings. The maximum absolute atomic E-state index is 12.4. The van der Waals surface area contributed by atoms with Gasteiger partial charge in [0.05, 0.1) is 0 Å². The molecule has 8 heteroatoms. The number of nitrogens with zero attached hydrogens (tertiary/aromatic N) is 1. The molecule has 2 amide bonds. The molecule has 0 aliphatic carbocycles. The number of halogens is 3. The van der Waals surface area contributed by atoms with Gasteiger partial charge >= 0.3 is 6.18 Å². The fraction of sp³-hybridized carbons (Fsp3) is 0.467. The Morgan fingerprint density at radius 1 is 1.39 bits per heavy atom. The van der Waals surface area contributed by atoms with E-state index in [0.29, 0.717) is 10.5 Å². The number of hydrogen-bond donors (Lipinski definition) is 1. The Labute approximate surface area is 131 Å². The topological polar surface area (TPSA) is 58.6 Å². The summed E-state index contributed by atoms with van der Waals surface area (Å²) < 4.78 is 42.3. The van der Waals surface area contributed by atoms with Crippen LogP contribution in [0.2, 0.25) is 0 Å². The van der Waals surface area contributed by atoms with Gasteiger partial charge in [0.15, 0.2) is 6.10 Å². The Kier molecular flexibility index (Phi) is 5.25. The lowest BCUT2D eigenvalue weighted by molar-refractivity contribution is -0.158. The first-order chi connectivity index (χ1) is 10.8. The minimum absolute atomic E-state index is 0.0354. The van der Waals surface area contributed by atoms with Gasteiger partial charge < -0.3 is 15.0 Å². The molecule has 0 radical (unpaired) electrons. The van der Waals surface area contributed by atoms with E-state index in [1.165, 1.54) is 7.11 Å². The molecular weight excluding hydrogens is 313 g/mol. The van der Waals surface area contributed by atoms with Crippen LogP contribution in [0, 0.1) is 0 Å². The number of ether oxygens (including phenoxy) is 1. The van der Waals surface area contributed by atoms with E-state index in [0.717, 1.165) is 0 Å². The molecule has 1 aromatic rings. The van der Waals surface area contributed by atoms with Crippen molar-refractivity contribution in [2.75, 3.05) is 20.2 Å². The summed E-state index contributed by atoms with van der Waals surface area (Å²) in [7, 11) is 1.35. The van der Waals surface area contributed by atoms with E-state index >= 15 is 0 Å². The third kappa shape index (κ3) is 4.44. The molecule has 2 atom stereocenters. The van der Waals surface area contributed by atoms with E-state index in [-0.39, 0.29) is 13.0 Å². The Hall–Kier alpha value is -2.09. The van der Waals surface area contributed by atoms with Gasteiger partial charge in [-0.1, -0.05) is 30.3 Å². The van der Waals surface area contributed by atoms with Crippen LogP contribution in [0.25, 0.3) is 0 Å². The molecule has 1 aliphatic rings. The number of alkyl halides is 3. The molecule has 5 nitrogen and oxygen atoms in total. The van der Waals surface area contributed by atoms with Crippen LogP contribution < -0.4 is 5.32 Å². The van der Waals surface area contributed by atoms with E-state index in [1.807, 2.05) is 0 Å². The van der Waals surface area contributed by atoms with Crippen LogP contribution in [0.4, 0.5) is 13.2 Å². The molecule has 23 heavy (non-hydrogen) atoms. The van der Waals surface area contributed by atoms with E-state index < -0.39 is 36.7 Å². The van der Waals surface area contributed by atoms with Crippen LogP contribution in [0.15, 0.2) is 30.3 Å². The number of carbonyl (C=O) groups is 2. The van der Waals surface area contributed by atoms with Gasteiger partial charge in [0, 0.05) is 13.7 Å². The zero-order valence-electron chi connectivity index (χ0n) is 12.5. The van der Waals surface area contributed by atoms with Crippen LogP contribution in [0.1, 0.15) is 18.1 Å². The molecule has 0 spiro atoms. The summed E-state index contributed by atoms with van der Waals surface area (Å²) in [5.41, 5.74) is 0.602. The molecule has 0 aromatic heterocycles. The minimum atomic E-state index is -4.45. The summed E-state index contributed by atoms with van der Waals surface area (Å²) in [4.78, 5) is 24.9. The predicted molar refractivity (Wildman–Crippen MR) is 75.4 cm³/mol. The lowest BCUT2D eigenvalue weighted by Crippen LogP contribution is -2.45. The van der Waals surface area contributed by atoms with Crippen molar-refractivity contribution in [2.45, 2.75) is 24.7 Å². The van der Waals surface area contributed by atoms with Gasteiger partial charge in [-0.3, -0.25) is 9.59 Å². The molecule has 1 aromatic carbocycles. The zero-order valence-corrected chi connectivity index (χ0v) is 12.5. The van der Waals surface area contributed by atoms with Crippen molar-refractivity contribution in [3.05, 3.63) is 35.9 Å². The number of benzene rings is 1. The maximum Gasteiger partial charge on any atom is 0.406 e. The quantitative estimate of drug-likeness (QED) is 0.893. The van der Waals surface area contributed by atoms with Crippen LogP contribution in [0.5, 0.6) is 0 Å². The molecule has 1 heterocycles. The number of amides is 2. The second-order valence-electron chi connectivity index (χ2n) is 5.25. The van der Waals surface area contributed by atoms with E-state index in [9.17, 15) is 22.8 Å². The van der Waals surface area contributed by atoms with Crippen molar-refractivity contribution < 1.29 is 27.5 Å². The third-order valence-corrected chi connectivity index (χ3v) is 3.56.